The fourth-order valence-electron chi connectivity index (χ4n) is 3.24. The van der Waals surface area contributed by atoms with Gasteiger partial charge in [0.05, 0.1) is 19.6 Å². The fraction of sp³-hybridized carbons (Fsp3) is 1.00. The van der Waals surface area contributed by atoms with Crippen LogP contribution in [0, 0.1) is 0 Å². The van der Waals surface area contributed by atoms with Gasteiger partial charge >= 0.3 is 0 Å². The first kappa shape index (κ1) is 20.8. The zero-order valence-electron chi connectivity index (χ0n) is 14.2. The van der Waals surface area contributed by atoms with Crippen LogP contribution in [-0.2, 0) is 10.1 Å². The molecule has 21 heavy (non-hydrogen) atoms. The quantitative estimate of drug-likeness (QED) is 0.332. The Bertz CT molecular complexity index is 387. The summed E-state index contributed by atoms with van der Waals surface area (Å²) in [6.07, 6.45) is 2.92. The number of unbranched alkanes of at least 4 members (excludes halogenated alkanes) is 3. The molecule has 0 radical (unpaired) electrons. The second-order valence-electron chi connectivity index (χ2n) is 5.89. The number of hydrogen-bond acceptors (Lipinski definition) is 3. The summed E-state index contributed by atoms with van der Waals surface area (Å²) in [6.45, 7) is 11.2. The van der Waals surface area contributed by atoms with Crippen molar-refractivity contribution in [2.24, 2.45) is 0 Å². The van der Waals surface area contributed by atoms with E-state index in [4.69, 9.17) is 0 Å². The van der Waals surface area contributed by atoms with Gasteiger partial charge in [-0.1, -0.05) is 26.2 Å². The monoisotopic (exact) mass is 325 g/mol. The number of rotatable bonds is 11. The van der Waals surface area contributed by atoms with Crippen LogP contribution < -0.4 is 0 Å². The molecule has 0 bridgehead atoms. The zero-order chi connectivity index (χ0) is 16.7. The summed E-state index contributed by atoms with van der Waals surface area (Å²) < 4.78 is 50.4. The maximum atomic E-state index is 15.3. The molecule has 0 fully saturated rings. The summed E-state index contributed by atoms with van der Waals surface area (Å²) >= 11 is 0. The lowest BCUT2D eigenvalue weighted by Crippen LogP contribution is -2.64. The van der Waals surface area contributed by atoms with Gasteiger partial charge in [0.15, 0.2) is 0 Å². The molecule has 0 aliphatic rings. The third kappa shape index (κ3) is 4.63. The average molecular weight is 325 g/mol. The Balaban J connectivity index is 5.40. The van der Waals surface area contributed by atoms with E-state index >= 15 is 4.39 Å². The molecule has 0 aliphatic heterocycles. The summed E-state index contributed by atoms with van der Waals surface area (Å²) in [5.41, 5.74) is 0. The normalized spacial score (nSPS) is 17.5. The highest BCUT2D eigenvalue weighted by Crippen LogP contribution is 2.36. The Hall–Kier alpha value is -0.200. The minimum Gasteiger partial charge on any atom is -0.745 e. The molecule has 0 saturated carbocycles. The molecule has 4 nitrogen and oxygen atoms in total. The van der Waals surface area contributed by atoms with Crippen molar-refractivity contribution < 1.29 is 21.8 Å². The van der Waals surface area contributed by atoms with Crippen molar-refractivity contribution in [3.63, 3.8) is 0 Å². The van der Waals surface area contributed by atoms with E-state index in [0.29, 0.717) is 30.5 Å². The predicted molar refractivity (Wildman–Crippen MR) is 83.6 cm³/mol. The van der Waals surface area contributed by atoms with Gasteiger partial charge in [0.25, 0.3) is 0 Å². The Morgan fingerprint density at radius 1 is 1.05 bits per heavy atom. The first-order chi connectivity index (χ1) is 9.65. The van der Waals surface area contributed by atoms with E-state index in [9.17, 15) is 13.0 Å². The van der Waals surface area contributed by atoms with Gasteiger partial charge in [-0.05, 0) is 34.1 Å². The first-order valence-corrected chi connectivity index (χ1v) is 9.56. The van der Waals surface area contributed by atoms with Crippen molar-refractivity contribution in [3.8, 4) is 0 Å². The summed E-state index contributed by atoms with van der Waals surface area (Å²) in [6, 6.07) is -0.846. The highest BCUT2D eigenvalue weighted by atomic mass is 32.2. The number of hydrogen-bond donors (Lipinski definition) is 0. The summed E-state index contributed by atoms with van der Waals surface area (Å²) in [4.78, 5) is 0. The predicted octanol–water partition coefficient (Wildman–Crippen LogP) is 3.43. The van der Waals surface area contributed by atoms with Crippen LogP contribution in [0.1, 0.15) is 66.7 Å². The molecular formula is C15H32FNO3S. The van der Waals surface area contributed by atoms with E-state index in [1.807, 2.05) is 27.7 Å². The minimum absolute atomic E-state index is 0.194. The highest BCUT2D eigenvalue weighted by molar-refractivity contribution is 7.87. The van der Waals surface area contributed by atoms with E-state index in [1.54, 1.807) is 6.92 Å². The SMILES string of the molecule is CCCCCCC(F)(C(C)[N+](CC)(CC)CC)S(=O)(=O)[O-]. The lowest BCUT2D eigenvalue weighted by Gasteiger charge is -2.47. The molecule has 0 saturated heterocycles. The molecule has 0 aromatic rings. The van der Waals surface area contributed by atoms with E-state index in [2.05, 4.69) is 0 Å². The lowest BCUT2D eigenvalue weighted by atomic mass is 10.0. The number of halogens is 1. The largest absolute Gasteiger partial charge is 0.745 e. The van der Waals surface area contributed by atoms with Crippen molar-refractivity contribution in [1.29, 1.82) is 0 Å². The summed E-state index contributed by atoms with van der Waals surface area (Å²) in [5, 5.41) is -2.68. The number of alkyl halides is 1. The van der Waals surface area contributed by atoms with Gasteiger partial charge in [-0.25, -0.2) is 12.8 Å². The van der Waals surface area contributed by atoms with Crippen molar-refractivity contribution in [1.82, 2.24) is 0 Å². The van der Waals surface area contributed by atoms with Crippen LogP contribution in [-0.4, -0.2) is 48.1 Å². The lowest BCUT2D eigenvalue weighted by molar-refractivity contribution is -0.948. The Kier molecular flexibility index (Phi) is 8.36. The maximum absolute atomic E-state index is 15.3. The average Bonchev–Trinajstić information content (AvgIpc) is 2.44. The Morgan fingerprint density at radius 2 is 1.52 bits per heavy atom. The number of nitrogens with zero attached hydrogens (tertiary/aromatic N) is 1. The zero-order valence-corrected chi connectivity index (χ0v) is 15.0. The third-order valence-electron chi connectivity index (χ3n) is 5.12. The van der Waals surface area contributed by atoms with E-state index in [1.165, 1.54) is 0 Å². The van der Waals surface area contributed by atoms with E-state index in [-0.39, 0.29) is 6.42 Å². The van der Waals surface area contributed by atoms with Crippen molar-refractivity contribution in [2.45, 2.75) is 77.8 Å². The number of quaternary nitrogens is 1. The van der Waals surface area contributed by atoms with Gasteiger partial charge in [-0.3, -0.25) is 0 Å². The van der Waals surface area contributed by atoms with Gasteiger partial charge in [0.1, 0.15) is 16.2 Å². The smallest absolute Gasteiger partial charge is 0.249 e. The second kappa shape index (κ2) is 8.44. The molecule has 0 rings (SSSR count). The first-order valence-electron chi connectivity index (χ1n) is 8.15. The standard InChI is InChI=1S/C15H32FNO3S/c1-6-10-11-12-13-15(16,21(18,19)20)14(5)17(7-2,8-3)9-4/h14H,6-13H2,1-5H3. The molecule has 0 spiro atoms. The van der Waals surface area contributed by atoms with Gasteiger partial charge < -0.3 is 9.04 Å². The molecule has 0 amide bonds. The maximum Gasteiger partial charge on any atom is 0.249 e. The minimum atomic E-state index is -5.00. The van der Waals surface area contributed by atoms with Crippen molar-refractivity contribution >= 4 is 10.1 Å². The molecule has 0 N–H and O–H groups in total. The molecule has 0 aliphatic carbocycles. The fourth-order valence-corrected chi connectivity index (χ4v) is 4.27. The van der Waals surface area contributed by atoms with Crippen LogP contribution in [0.4, 0.5) is 4.39 Å². The Labute approximate surface area is 130 Å². The van der Waals surface area contributed by atoms with Crippen LogP contribution >= 0.6 is 0 Å². The summed E-state index contributed by atoms with van der Waals surface area (Å²) in [5.74, 6) is 0. The molecule has 0 aromatic carbocycles. The second-order valence-corrected chi connectivity index (χ2v) is 7.48. The van der Waals surface area contributed by atoms with Gasteiger partial charge in [-0.15, -0.1) is 0 Å². The molecule has 2 unspecified atom stereocenters. The van der Waals surface area contributed by atoms with Crippen LogP contribution in [0.3, 0.4) is 0 Å². The molecule has 2 atom stereocenters. The van der Waals surface area contributed by atoms with Crippen LogP contribution in [0.25, 0.3) is 0 Å². The van der Waals surface area contributed by atoms with Gasteiger partial charge in [-0.2, -0.15) is 0 Å². The van der Waals surface area contributed by atoms with Crippen LogP contribution in [0.15, 0.2) is 0 Å². The topological polar surface area (TPSA) is 57.2 Å². The molecule has 0 aromatic heterocycles. The third-order valence-corrected chi connectivity index (χ3v) is 6.50. The highest BCUT2D eigenvalue weighted by Gasteiger charge is 2.52. The van der Waals surface area contributed by atoms with E-state index in [0.717, 1.165) is 19.3 Å². The van der Waals surface area contributed by atoms with Crippen molar-refractivity contribution in [3.05, 3.63) is 0 Å². The molecule has 0 heterocycles. The van der Waals surface area contributed by atoms with Gasteiger partial charge in [0, 0.05) is 6.42 Å². The van der Waals surface area contributed by atoms with Crippen LogP contribution in [0.2, 0.25) is 0 Å². The molecular weight excluding hydrogens is 293 g/mol. The molecule has 128 valence electrons. The van der Waals surface area contributed by atoms with Crippen LogP contribution in [0.5, 0.6) is 0 Å². The molecule has 6 heteroatoms. The van der Waals surface area contributed by atoms with Gasteiger partial charge in [0.2, 0.25) is 5.00 Å². The van der Waals surface area contributed by atoms with Crippen molar-refractivity contribution in [2.75, 3.05) is 19.6 Å². The van der Waals surface area contributed by atoms with E-state index < -0.39 is 21.2 Å². The summed E-state index contributed by atoms with van der Waals surface area (Å²) in [7, 11) is -5.00. The Morgan fingerprint density at radius 3 is 1.86 bits per heavy atom.